The van der Waals surface area contributed by atoms with Gasteiger partial charge in [0.25, 0.3) is 0 Å². The molecule has 0 heterocycles. The molecule has 3 aliphatic carbocycles. The van der Waals surface area contributed by atoms with Crippen LogP contribution in [-0.4, -0.2) is 18.5 Å². The Kier molecular flexibility index (Phi) is 4.07. The second kappa shape index (κ2) is 5.67. The summed E-state index contributed by atoms with van der Waals surface area (Å²) < 4.78 is 0. The molecule has 0 radical (unpaired) electrons. The number of carbonyl (C=O) groups is 1. The highest BCUT2D eigenvalue weighted by Crippen LogP contribution is 2.60. The molecule has 3 aliphatic rings. The molecule has 3 saturated carbocycles. The third kappa shape index (κ3) is 2.28. The molecule has 0 aromatic heterocycles. The Hall–Kier alpha value is -0.570. The molecule has 3 rings (SSSR count). The second-order valence-corrected chi connectivity index (χ2v) is 7.48. The largest absolute Gasteiger partial charge is 0.356 e. The predicted molar refractivity (Wildman–Crippen MR) is 81.1 cm³/mol. The van der Waals surface area contributed by atoms with Crippen LogP contribution in [0.2, 0.25) is 0 Å². The first-order valence-corrected chi connectivity index (χ1v) is 8.71. The van der Waals surface area contributed by atoms with E-state index in [0.717, 1.165) is 25.8 Å². The van der Waals surface area contributed by atoms with Crippen LogP contribution in [0.3, 0.4) is 0 Å². The zero-order chi connectivity index (χ0) is 14.2. The monoisotopic (exact) mass is 278 g/mol. The van der Waals surface area contributed by atoms with E-state index in [1.54, 1.807) is 0 Å². The van der Waals surface area contributed by atoms with Gasteiger partial charge in [0.2, 0.25) is 5.91 Å². The van der Waals surface area contributed by atoms with Crippen molar-refractivity contribution < 1.29 is 4.79 Å². The zero-order valence-electron chi connectivity index (χ0n) is 12.9. The van der Waals surface area contributed by atoms with E-state index in [4.69, 9.17) is 5.73 Å². The third-order valence-electron chi connectivity index (χ3n) is 6.39. The number of fused-ring (bicyclic) bond motifs is 2. The molecule has 0 aliphatic heterocycles. The van der Waals surface area contributed by atoms with Gasteiger partial charge in [-0.1, -0.05) is 26.2 Å². The van der Waals surface area contributed by atoms with E-state index in [1.165, 1.54) is 38.5 Å². The van der Waals surface area contributed by atoms with E-state index < -0.39 is 0 Å². The van der Waals surface area contributed by atoms with Gasteiger partial charge in [-0.25, -0.2) is 0 Å². The first kappa shape index (κ1) is 14.4. The zero-order valence-corrected chi connectivity index (χ0v) is 12.9. The smallest absolute Gasteiger partial charge is 0.226 e. The van der Waals surface area contributed by atoms with Crippen molar-refractivity contribution in [1.29, 1.82) is 0 Å². The van der Waals surface area contributed by atoms with Gasteiger partial charge in [0.05, 0.1) is 5.41 Å². The molecule has 1 amide bonds. The summed E-state index contributed by atoms with van der Waals surface area (Å²) in [7, 11) is 0. The van der Waals surface area contributed by atoms with Crippen LogP contribution in [0, 0.1) is 23.2 Å². The standard InChI is InChI=1S/C17H30N2O/c1-2-3-4-8-19-16(20)17-7-5-6-12-9-14(17)10-13(11-17)15(12)18/h12-15H,2-11,18H2,1H3,(H,19,20). The summed E-state index contributed by atoms with van der Waals surface area (Å²) >= 11 is 0. The summed E-state index contributed by atoms with van der Waals surface area (Å²) in [5.74, 6) is 2.28. The first-order valence-electron chi connectivity index (χ1n) is 8.71. The molecule has 3 N–H and O–H groups in total. The topological polar surface area (TPSA) is 55.1 Å². The Balaban J connectivity index is 1.69. The van der Waals surface area contributed by atoms with E-state index in [-0.39, 0.29) is 5.41 Å². The molecule has 5 unspecified atom stereocenters. The molecule has 0 aromatic carbocycles. The molecular weight excluding hydrogens is 248 g/mol. The number of nitrogens with two attached hydrogens (primary N) is 1. The molecule has 3 fully saturated rings. The van der Waals surface area contributed by atoms with Crippen LogP contribution in [-0.2, 0) is 4.79 Å². The third-order valence-corrected chi connectivity index (χ3v) is 6.39. The lowest BCUT2D eigenvalue weighted by atomic mass is 9.73. The van der Waals surface area contributed by atoms with Crippen LogP contribution < -0.4 is 11.1 Å². The fraction of sp³-hybridized carbons (Fsp3) is 0.941. The van der Waals surface area contributed by atoms with E-state index >= 15 is 0 Å². The number of hydrogen-bond acceptors (Lipinski definition) is 2. The number of carbonyl (C=O) groups excluding carboxylic acids is 1. The normalized spacial score (nSPS) is 42.5. The molecule has 0 spiro atoms. The summed E-state index contributed by atoms with van der Waals surface area (Å²) in [6.07, 6.45) is 10.6. The Bertz CT molecular complexity index is 370. The number of rotatable bonds is 5. The van der Waals surface area contributed by atoms with Gasteiger partial charge in [-0.2, -0.15) is 0 Å². The lowest BCUT2D eigenvalue weighted by Gasteiger charge is -2.34. The number of hydrogen-bond donors (Lipinski definition) is 2. The van der Waals surface area contributed by atoms with E-state index in [1.807, 2.05) is 0 Å². The maximum absolute atomic E-state index is 12.8. The minimum atomic E-state index is -0.0558. The highest BCUT2D eigenvalue weighted by molar-refractivity contribution is 5.83. The Labute approximate surface area is 123 Å². The van der Waals surface area contributed by atoms with Crippen molar-refractivity contribution in [3.05, 3.63) is 0 Å². The summed E-state index contributed by atoms with van der Waals surface area (Å²) in [5.41, 5.74) is 6.38. The molecule has 20 heavy (non-hydrogen) atoms. The number of amides is 1. The molecule has 3 nitrogen and oxygen atoms in total. The van der Waals surface area contributed by atoms with Crippen LogP contribution in [0.15, 0.2) is 0 Å². The van der Waals surface area contributed by atoms with Crippen molar-refractivity contribution in [1.82, 2.24) is 5.32 Å². The van der Waals surface area contributed by atoms with E-state index in [0.29, 0.717) is 29.7 Å². The molecule has 5 atom stereocenters. The average Bonchev–Trinajstić information content (AvgIpc) is 2.67. The summed E-state index contributed by atoms with van der Waals surface area (Å²) in [6, 6.07) is 0.362. The number of nitrogens with one attached hydrogen (secondary N) is 1. The van der Waals surface area contributed by atoms with Gasteiger partial charge in [0.15, 0.2) is 0 Å². The van der Waals surface area contributed by atoms with Gasteiger partial charge in [-0.05, 0) is 56.3 Å². The Morgan fingerprint density at radius 3 is 2.90 bits per heavy atom. The lowest BCUT2D eigenvalue weighted by molar-refractivity contribution is -0.133. The maximum atomic E-state index is 12.8. The Morgan fingerprint density at radius 2 is 2.10 bits per heavy atom. The summed E-state index contributed by atoms with van der Waals surface area (Å²) in [4.78, 5) is 12.8. The van der Waals surface area contributed by atoms with E-state index in [2.05, 4.69) is 12.2 Å². The quantitative estimate of drug-likeness (QED) is 0.760. The van der Waals surface area contributed by atoms with Crippen molar-refractivity contribution in [2.24, 2.45) is 28.9 Å². The SMILES string of the molecule is CCCCCNC(=O)C12CCCC3CC1CC(C2)C3N. The molecule has 3 heteroatoms. The van der Waals surface area contributed by atoms with Gasteiger partial charge in [0, 0.05) is 12.6 Å². The molecule has 3 bridgehead atoms. The van der Waals surface area contributed by atoms with Crippen molar-refractivity contribution in [3.8, 4) is 0 Å². The van der Waals surface area contributed by atoms with Crippen LogP contribution in [0.4, 0.5) is 0 Å². The minimum Gasteiger partial charge on any atom is -0.356 e. The average molecular weight is 278 g/mol. The predicted octanol–water partition coefficient (Wildman–Crippen LogP) is 2.84. The van der Waals surface area contributed by atoms with Crippen molar-refractivity contribution >= 4 is 5.91 Å². The maximum Gasteiger partial charge on any atom is 0.226 e. The molecule has 114 valence electrons. The van der Waals surface area contributed by atoms with Gasteiger partial charge in [-0.15, -0.1) is 0 Å². The van der Waals surface area contributed by atoms with Crippen LogP contribution in [0.25, 0.3) is 0 Å². The molecular formula is C17H30N2O. The fourth-order valence-corrected chi connectivity index (χ4v) is 5.27. The summed E-state index contributed by atoms with van der Waals surface area (Å²) in [5, 5.41) is 3.25. The van der Waals surface area contributed by atoms with Gasteiger partial charge in [0.1, 0.15) is 0 Å². The van der Waals surface area contributed by atoms with Crippen LogP contribution in [0.5, 0.6) is 0 Å². The van der Waals surface area contributed by atoms with Crippen molar-refractivity contribution in [2.45, 2.75) is 70.8 Å². The van der Waals surface area contributed by atoms with Crippen LogP contribution >= 0.6 is 0 Å². The lowest BCUT2D eigenvalue weighted by Crippen LogP contribution is -2.43. The molecule has 0 saturated heterocycles. The first-order chi connectivity index (χ1) is 9.67. The minimum absolute atomic E-state index is 0.0558. The Morgan fingerprint density at radius 1 is 1.30 bits per heavy atom. The van der Waals surface area contributed by atoms with Gasteiger partial charge in [-0.3, -0.25) is 4.79 Å². The second-order valence-electron chi connectivity index (χ2n) is 7.48. The van der Waals surface area contributed by atoms with Gasteiger partial charge >= 0.3 is 0 Å². The van der Waals surface area contributed by atoms with E-state index in [9.17, 15) is 4.79 Å². The number of unbranched alkanes of at least 4 members (excludes halogenated alkanes) is 2. The van der Waals surface area contributed by atoms with Gasteiger partial charge < -0.3 is 11.1 Å². The van der Waals surface area contributed by atoms with Crippen molar-refractivity contribution in [3.63, 3.8) is 0 Å². The summed E-state index contributed by atoms with van der Waals surface area (Å²) in [6.45, 7) is 3.06. The highest BCUT2D eigenvalue weighted by Gasteiger charge is 2.58. The fourth-order valence-electron chi connectivity index (χ4n) is 5.27. The van der Waals surface area contributed by atoms with Crippen molar-refractivity contribution in [2.75, 3.05) is 6.54 Å². The highest BCUT2D eigenvalue weighted by atomic mass is 16.2. The van der Waals surface area contributed by atoms with Crippen LogP contribution in [0.1, 0.15) is 64.7 Å². The molecule has 0 aromatic rings.